The van der Waals surface area contributed by atoms with Crippen LogP contribution in [0.4, 0.5) is 0 Å². The van der Waals surface area contributed by atoms with Crippen molar-refractivity contribution in [3.05, 3.63) is 34.3 Å². The van der Waals surface area contributed by atoms with Crippen molar-refractivity contribution in [1.29, 1.82) is 0 Å². The Kier molecular flexibility index (Phi) is 5.60. The first kappa shape index (κ1) is 12.1. The second-order valence-electron chi connectivity index (χ2n) is 3.27. The van der Waals surface area contributed by atoms with Gasteiger partial charge in [0, 0.05) is 22.8 Å². The molecule has 0 saturated heterocycles. The summed E-state index contributed by atoms with van der Waals surface area (Å²) in [5.41, 5.74) is 1.32. The number of halogens is 1. The van der Waals surface area contributed by atoms with E-state index >= 15 is 0 Å². The van der Waals surface area contributed by atoms with Crippen LogP contribution in [0.5, 0.6) is 0 Å². The maximum absolute atomic E-state index is 3.54. The molecule has 1 unspecified atom stereocenters. The summed E-state index contributed by atoms with van der Waals surface area (Å²) in [7, 11) is 0. The molecule has 0 aliphatic carbocycles. The Morgan fingerprint density at radius 1 is 1.43 bits per heavy atom. The first-order valence-electron chi connectivity index (χ1n) is 4.71. The van der Waals surface area contributed by atoms with Crippen molar-refractivity contribution in [3.63, 3.8) is 0 Å². The lowest BCUT2D eigenvalue weighted by atomic mass is 10.2. The van der Waals surface area contributed by atoms with Crippen LogP contribution in [0.2, 0.25) is 0 Å². The molecule has 0 spiro atoms. The van der Waals surface area contributed by atoms with Crippen molar-refractivity contribution >= 4 is 27.7 Å². The molecule has 0 aliphatic heterocycles. The van der Waals surface area contributed by atoms with Gasteiger partial charge >= 0.3 is 0 Å². The Morgan fingerprint density at radius 3 is 2.79 bits per heavy atom. The molecule has 1 aromatic rings. The van der Waals surface area contributed by atoms with E-state index in [4.69, 9.17) is 0 Å². The Bertz CT molecular complexity index is 278. The van der Waals surface area contributed by atoms with E-state index in [1.807, 2.05) is 17.8 Å². The molecular formula is C11H16BrNS. The lowest BCUT2D eigenvalue weighted by molar-refractivity contribution is 0.683. The third-order valence-corrected chi connectivity index (χ3v) is 3.85. The predicted octanol–water partition coefficient (Wildman–Crippen LogP) is 3.29. The zero-order valence-electron chi connectivity index (χ0n) is 8.59. The number of hydrogen-bond acceptors (Lipinski definition) is 2. The number of thioether (sulfide) groups is 1. The lowest BCUT2D eigenvalue weighted by Crippen LogP contribution is -2.22. The minimum atomic E-state index is 0.678. The summed E-state index contributed by atoms with van der Waals surface area (Å²) in [5.74, 6) is 0. The van der Waals surface area contributed by atoms with Gasteiger partial charge in [0.1, 0.15) is 0 Å². The van der Waals surface area contributed by atoms with Gasteiger partial charge in [0.05, 0.1) is 0 Å². The monoisotopic (exact) mass is 273 g/mol. The van der Waals surface area contributed by atoms with E-state index in [0.717, 1.165) is 13.1 Å². The van der Waals surface area contributed by atoms with Gasteiger partial charge in [0.2, 0.25) is 0 Å². The largest absolute Gasteiger partial charge is 0.312 e. The standard InChI is InChI=1S/C11H16BrNS/c1-9(14-2)7-13-8-10-5-3-4-6-11(10)12/h3-6,9,13H,7-8H2,1-2H3. The fourth-order valence-corrected chi connectivity index (χ4v) is 1.84. The number of hydrogen-bond donors (Lipinski definition) is 1. The van der Waals surface area contributed by atoms with Crippen molar-refractivity contribution in [3.8, 4) is 0 Å². The van der Waals surface area contributed by atoms with Gasteiger partial charge in [-0.2, -0.15) is 11.8 Å². The van der Waals surface area contributed by atoms with Crippen LogP contribution in [0.3, 0.4) is 0 Å². The van der Waals surface area contributed by atoms with Gasteiger partial charge in [-0.25, -0.2) is 0 Å². The molecule has 0 amide bonds. The van der Waals surface area contributed by atoms with Crippen LogP contribution in [0, 0.1) is 0 Å². The minimum absolute atomic E-state index is 0.678. The van der Waals surface area contributed by atoms with E-state index in [0.29, 0.717) is 5.25 Å². The lowest BCUT2D eigenvalue weighted by Gasteiger charge is -2.10. The molecule has 0 aromatic heterocycles. The molecule has 0 fully saturated rings. The summed E-state index contributed by atoms with van der Waals surface area (Å²) < 4.78 is 1.18. The van der Waals surface area contributed by atoms with Crippen molar-refractivity contribution < 1.29 is 0 Å². The third kappa shape index (κ3) is 4.03. The Hall–Kier alpha value is 0.01000. The molecular weight excluding hydrogens is 258 g/mol. The highest BCUT2D eigenvalue weighted by Gasteiger charge is 2.00. The summed E-state index contributed by atoms with van der Waals surface area (Å²) in [6, 6.07) is 8.33. The van der Waals surface area contributed by atoms with Gasteiger partial charge in [0.15, 0.2) is 0 Å². The smallest absolute Gasteiger partial charge is 0.0220 e. The summed E-state index contributed by atoms with van der Waals surface area (Å²) in [4.78, 5) is 0. The molecule has 1 nitrogen and oxygen atoms in total. The van der Waals surface area contributed by atoms with Crippen LogP contribution in [0.25, 0.3) is 0 Å². The molecule has 1 atom stereocenters. The molecule has 1 rings (SSSR count). The molecule has 1 N–H and O–H groups in total. The quantitative estimate of drug-likeness (QED) is 0.884. The van der Waals surface area contributed by atoms with Crippen molar-refractivity contribution in [2.75, 3.05) is 12.8 Å². The van der Waals surface area contributed by atoms with Gasteiger partial charge in [-0.1, -0.05) is 41.1 Å². The average Bonchev–Trinajstić information content (AvgIpc) is 2.20. The fourth-order valence-electron chi connectivity index (χ4n) is 1.14. The van der Waals surface area contributed by atoms with Crippen LogP contribution in [-0.2, 0) is 6.54 Å². The highest BCUT2D eigenvalue weighted by atomic mass is 79.9. The number of nitrogens with one attached hydrogen (secondary N) is 1. The predicted molar refractivity (Wildman–Crippen MR) is 68.8 cm³/mol. The highest BCUT2D eigenvalue weighted by molar-refractivity contribution is 9.10. The molecule has 1 aromatic carbocycles. The van der Waals surface area contributed by atoms with Crippen molar-refractivity contribution in [2.24, 2.45) is 0 Å². The van der Waals surface area contributed by atoms with Crippen LogP contribution >= 0.6 is 27.7 Å². The van der Waals surface area contributed by atoms with Gasteiger partial charge in [-0.15, -0.1) is 0 Å². The van der Waals surface area contributed by atoms with E-state index < -0.39 is 0 Å². The third-order valence-electron chi connectivity index (χ3n) is 2.11. The van der Waals surface area contributed by atoms with E-state index in [-0.39, 0.29) is 0 Å². The summed E-state index contributed by atoms with van der Waals surface area (Å²) >= 11 is 5.43. The van der Waals surface area contributed by atoms with E-state index in [1.165, 1.54) is 10.0 Å². The van der Waals surface area contributed by atoms with Gasteiger partial charge < -0.3 is 5.32 Å². The second kappa shape index (κ2) is 6.49. The second-order valence-corrected chi connectivity index (χ2v) is 5.40. The zero-order valence-corrected chi connectivity index (χ0v) is 11.0. The van der Waals surface area contributed by atoms with Crippen molar-refractivity contribution in [1.82, 2.24) is 5.32 Å². The zero-order chi connectivity index (χ0) is 10.4. The van der Waals surface area contributed by atoms with E-state index in [1.54, 1.807) is 0 Å². The maximum Gasteiger partial charge on any atom is 0.0220 e. The van der Waals surface area contributed by atoms with E-state index in [2.05, 4.69) is 52.6 Å². The van der Waals surface area contributed by atoms with E-state index in [9.17, 15) is 0 Å². The molecule has 0 heterocycles. The average molecular weight is 274 g/mol. The van der Waals surface area contributed by atoms with Crippen LogP contribution in [0.1, 0.15) is 12.5 Å². The molecule has 78 valence electrons. The van der Waals surface area contributed by atoms with Crippen LogP contribution in [0.15, 0.2) is 28.7 Å². The normalized spacial score (nSPS) is 12.8. The molecule has 14 heavy (non-hydrogen) atoms. The Morgan fingerprint density at radius 2 is 2.14 bits per heavy atom. The van der Waals surface area contributed by atoms with Crippen LogP contribution in [-0.4, -0.2) is 18.1 Å². The molecule has 0 radical (unpaired) electrons. The summed E-state index contributed by atoms with van der Waals surface area (Å²) in [5, 5.41) is 4.12. The van der Waals surface area contributed by atoms with Gasteiger partial charge in [-0.3, -0.25) is 0 Å². The number of benzene rings is 1. The van der Waals surface area contributed by atoms with Gasteiger partial charge in [-0.05, 0) is 17.9 Å². The fraction of sp³-hybridized carbons (Fsp3) is 0.455. The summed E-state index contributed by atoms with van der Waals surface area (Å²) in [6.07, 6.45) is 2.14. The Labute approximate surface area is 98.8 Å². The van der Waals surface area contributed by atoms with Gasteiger partial charge in [0.25, 0.3) is 0 Å². The summed E-state index contributed by atoms with van der Waals surface area (Å²) in [6.45, 7) is 4.23. The number of rotatable bonds is 5. The molecule has 0 bridgehead atoms. The minimum Gasteiger partial charge on any atom is -0.312 e. The Balaban J connectivity index is 2.35. The molecule has 0 saturated carbocycles. The first-order valence-corrected chi connectivity index (χ1v) is 6.79. The van der Waals surface area contributed by atoms with Crippen LogP contribution < -0.4 is 5.32 Å². The SMILES string of the molecule is CSC(C)CNCc1ccccc1Br. The first-order chi connectivity index (χ1) is 6.74. The highest BCUT2D eigenvalue weighted by Crippen LogP contribution is 2.15. The maximum atomic E-state index is 3.54. The topological polar surface area (TPSA) is 12.0 Å². The molecule has 0 aliphatic rings. The molecule has 3 heteroatoms. The van der Waals surface area contributed by atoms with Crippen molar-refractivity contribution in [2.45, 2.75) is 18.7 Å².